The molecule has 1 heterocycles. The lowest BCUT2D eigenvalue weighted by Crippen LogP contribution is -2.15. The van der Waals surface area contributed by atoms with Gasteiger partial charge < -0.3 is 5.32 Å². The molecule has 0 unspecified atom stereocenters. The number of hydrogen-bond donors (Lipinski definition) is 1. The molecule has 0 saturated carbocycles. The average Bonchev–Trinajstić information content (AvgIpc) is 2.87. The predicted molar refractivity (Wildman–Crippen MR) is 90.7 cm³/mol. The third kappa shape index (κ3) is 3.32. The number of carbonyl (C=O) groups excluding carboxylic acids is 1. The van der Waals surface area contributed by atoms with Gasteiger partial charge in [0, 0.05) is 12.6 Å². The van der Waals surface area contributed by atoms with Gasteiger partial charge in [-0.05, 0) is 51.3 Å². The van der Waals surface area contributed by atoms with Crippen LogP contribution in [-0.2, 0) is 7.05 Å². The maximum Gasteiger partial charge on any atom is 0.256 e. The molecule has 2 aromatic carbocycles. The number of nitrogens with zero attached hydrogens (tertiary/aromatic N) is 2. The van der Waals surface area contributed by atoms with Crippen LogP contribution in [0.25, 0.3) is 11.1 Å². The smallest absolute Gasteiger partial charge is 0.256 e. The van der Waals surface area contributed by atoms with E-state index in [0.29, 0.717) is 15.9 Å². The molecule has 0 spiro atoms. The van der Waals surface area contributed by atoms with Crippen LogP contribution in [0.2, 0.25) is 0 Å². The second kappa shape index (κ2) is 6.34. The van der Waals surface area contributed by atoms with Gasteiger partial charge in [0.25, 0.3) is 5.91 Å². The van der Waals surface area contributed by atoms with Crippen LogP contribution < -0.4 is 5.32 Å². The summed E-state index contributed by atoms with van der Waals surface area (Å²) in [6.07, 6.45) is 1.62. The fourth-order valence-electron chi connectivity index (χ4n) is 2.21. The monoisotopic (exact) mass is 373 g/mol. The van der Waals surface area contributed by atoms with Gasteiger partial charge in [-0.25, -0.2) is 4.39 Å². The van der Waals surface area contributed by atoms with Crippen molar-refractivity contribution in [3.8, 4) is 11.1 Å². The Balaban J connectivity index is 1.87. The van der Waals surface area contributed by atoms with E-state index in [1.165, 1.54) is 12.1 Å². The average molecular weight is 374 g/mol. The maximum atomic E-state index is 13.0. The van der Waals surface area contributed by atoms with Crippen molar-refractivity contribution in [2.24, 2.45) is 7.05 Å². The second-order valence-electron chi connectivity index (χ2n) is 5.01. The highest BCUT2D eigenvalue weighted by atomic mass is 79.9. The van der Waals surface area contributed by atoms with E-state index in [9.17, 15) is 9.18 Å². The van der Waals surface area contributed by atoms with Crippen LogP contribution in [0.5, 0.6) is 0 Å². The van der Waals surface area contributed by atoms with Gasteiger partial charge >= 0.3 is 0 Å². The first-order valence-electron chi connectivity index (χ1n) is 6.89. The molecule has 3 rings (SSSR count). The van der Waals surface area contributed by atoms with E-state index >= 15 is 0 Å². The number of benzene rings is 2. The topological polar surface area (TPSA) is 46.9 Å². The molecular formula is C17H13BrFN3O. The van der Waals surface area contributed by atoms with Crippen LogP contribution in [0.1, 0.15) is 10.4 Å². The zero-order chi connectivity index (χ0) is 16.4. The number of amides is 1. The summed E-state index contributed by atoms with van der Waals surface area (Å²) in [6.45, 7) is 0. The first-order valence-corrected chi connectivity index (χ1v) is 7.69. The van der Waals surface area contributed by atoms with Crippen molar-refractivity contribution < 1.29 is 9.18 Å². The molecule has 0 atom stereocenters. The predicted octanol–water partition coefficient (Wildman–Crippen LogP) is 4.24. The Labute approximate surface area is 141 Å². The Morgan fingerprint density at radius 3 is 2.57 bits per heavy atom. The van der Waals surface area contributed by atoms with E-state index in [1.54, 1.807) is 48.3 Å². The van der Waals surface area contributed by atoms with Crippen molar-refractivity contribution in [1.29, 1.82) is 0 Å². The Bertz CT molecular complexity index is 839. The molecular weight excluding hydrogens is 361 g/mol. The Hall–Kier alpha value is -2.47. The Morgan fingerprint density at radius 2 is 1.91 bits per heavy atom. The van der Waals surface area contributed by atoms with E-state index < -0.39 is 0 Å². The summed E-state index contributed by atoms with van der Waals surface area (Å²) in [7, 11) is 1.75. The molecule has 0 radical (unpaired) electrons. The van der Waals surface area contributed by atoms with Gasteiger partial charge in [0.05, 0.1) is 10.7 Å². The van der Waals surface area contributed by atoms with Gasteiger partial charge in [-0.1, -0.05) is 24.3 Å². The first-order chi connectivity index (χ1) is 11.0. The molecule has 0 saturated heterocycles. The summed E-state index contributed by atoms with van der Waals surface area (Å²) in [5, 5.41) is 6.87. The van der Waals surface area contributed by atoms with Crippen LogP contribution >= 0.6 is 15.9 Å². The molecule has 0 bridgehead atoms. The molecule has 0 fully saturated rings. The number of aryl methyl sites for hydroxylation is 1. The quantitative estimate of drug-likeness (QED) is 0.746. The van der Waals surface area contributed by atoms with Gasteiger partial charge in [0.2, 0.25) is 0 Å². The number of nitrogens with one attached hydrogen (secondary N) is 1. The molecule has 1 amide bonds. The van der Waals surface area contributed by atoms with E-state index in [0.717, 1.165) is 11.1 Å². The molecule has 116 valence electrons. The summed E-state index contributed by atoms with van der Waals surface area (Å²) in [4.78, 5) is 12.4. The fourth-order valence-corrected chi connectivity index (χ4v) is 2.66. The van der Waals surface area contributed by atoms with Crippen LogP contribution in [0.15, 0.2) is 59.2 Å². The lowest BCUT2D eigenvalue weighted by atomic mass is 10.0. The first kappa shape index (κ1) is 15.4. The molecule has 0 aliphatic rings. The summed E-state index contributed by atoms with van der Waals surface area (Å²) in [5.41, 5.74) is 2.21. The highest BCUT2D eigenvalue weighted by Crippen LogP contribution is 2.23. The molecule has 23 heavy (non-hydrogen) atoms. The number of anilines is 1. The highest BCUT2D eigenvalue weighted by molar-refractivity contribution is 9.10. The molecule has 4 nitrogen and oxygen atoms in total. The van der Waals surface area contributed by atoms with Crippen molar-refractivity contribution in [1.82, 2.24) is 9.78 Å². The van der Waals surface area contributed by atoms with Crippen molar-refractivity contribution in [2.45, 2.75) is 0 Å². The standard InChI is InChI=1S/C17H13BrFN3O/c1-22-16(15(18)10-20-22)21-17(23)13-4-2-3-12(9-13)11-5-7-14(19)8-6-11/h2-10H,1H3,(H,21,23). The van der Waals surface area contributed by atoms with Gasteiger partial charge in [-0.15, -0.1) is 0 Å². The maximum absolute atomic E-state index is 13.0. The molecule has 3 aromatic rings. The molecule has 0 aliphatic heterocycles. The van der Waals surface area contributed by atoms with Crippen LogP contribution in [0.4, 0.5) is 10.2 Å². The number of hydrogen-bond acceptors (Lipinski definition) is 2. The largest absolute Gasteiger partial charge is 0.306 e. The van der Waals surface area contributed by atoms with Crippen LogP contribution in [0, 0.1) is 5.82 Å². The van der Waals surface area contributed by atoms with Crippen molar-refractivity contribution in [3.63, 3.8) is 0 Å². The minimum Gasteiger partial charge on any atom is -0.306 e. The molecule has 1 N–H and O–H groups in total. The third-order valence-corrected chi connectivity index (χ3v) is 4.01. The van der Waals surface area contributed by atoms with Gasteiger partial charge in [-0.3, -0.25) is 9.48 Å². The van der Waals surface area contributed by atoms with E-state index in [1.807, 2.05) is 6.07 Å². The van der Waals surface area contributed by atoms with Crippen molar-refractivity contribution in [2.75, 3.05) is 5.32 Å². The second-order valence-corrected chi connectivity index (χ2v) is 5.86. The zero-order valence-corrected chi connectivity index (χ0v) is 13.8. The summed E-state index contributed by atoms with van der Waals surface area (Å²) in [6, 6.07) is 13.3. The SMILES string of the molecule is Cn1ncc(Br)c1NC(=O)c1cccc(-c2ccc(F)cc2)c1. The minimum atomic E-state index is -0.288. The molecule has 0 aliphatic carbocycles. The number of halogens is 2. The van der Waals surface area contributed by atoms with Crippen molar-refractivity contribution in [3.05, 3.63) is 70.6 Å². The third-order valence-electron chi connectivity index (χ3n) is 3.43. The van der Waals surface area contributed by atoms with Crippen molar-refractivity contribution >= 4 is 27.7 Å². The van der Waals surface area contributed by atoms with E-state index in [-0.39, 0.29) is 11.7 Å². The minimum absolute atomic E-state index is 0.238. The van der Waals surface area contributed by atoms with Gasteiger partial charge in [-0.2, -0.15) is 5.10 Å². The van der Waals surface area contributed by atoms with Gasteiger partial charge in [0.15, 0.2) is 0 Å². The number of rotatable bonds is 3. The normalized spacial score (nSPS) is 10.6. The van der Waals surface area contributed by atoms with Crippen LogP contribution in [0.3, 0.4) is 0 Å². The van der Waals surface area contributed by atoms with E-state index in [4.69, 9.17) is 0 Å². The Morgan fingerprint density at radius 1 is 1.17 bits per heavy atom. The lowest BCUT2D eigenvalue weighted by molar-refractivity contribution is 0.102. The van der Waals surface area contributed by atoms with E-state index in [2.05, 4.69) is 26.3 Å². The molecule has 1 aromatic heterocycles. The zero-order valence-electron chi connectivity index (χ0n) is 12.3. The Kier molecular flexibility index (Phi) is 4.25. The summed E-state index contributed by atoms with van der Waals surface area (Å²) < 4.78 is 15.3. The van der Waals surface area contributed by atoms with Gasteiger partial charge in [0.1, 0.15) is 11.6 Å². The lowest BCUT2D eigenvalue weighted by Gasteiger charge is -2.08. The fraction of sp³-hybridized carbons (Fsp3) is 0.0588. The summed E-state index contributed by atoms with van der Waals surface area (Å²) >= 11 is 3.34. The summed E-state index contributed by atoms with van der Waals surface area (Å²) in [5.74, 6) is 0.0594. The highest BCUT2D eigenvalue weighted by Gasteiger charge is 2.12. The number of carbonyl (C=O) groups is 1. The number of aromatic nitrogens is 2. The molecule has 6 heteroatoms. The van der Waals surface area contributed by atoms with Crippen LogP contribution in [-0.4, -0.2) is 15.7 Å².